The molecule has 0 aromatic rings. The molecule has 0 radical (unpaired) electrons. The van der Waals surface area contributed by atoms with Crippen molar-refractivity contribution in [3.05, 3.63) is 97.2 Å². The summed E-state index contributed by atoms with van der Waals surface area (Å²) in [6, 6.07) is 0. The largest absolute Gasteiger partial charge is 0.462 e. The zero-order valence-corrected chi connectivity index (χ0v) is 34.4. The van der Waals surface area contributed by atoms with E-state index in [1.165, 1.54) is 38.5 Å². The standard InChI is InChI=1S/C48H76O6/c1-4-7-10-13-16-19-21-23-25-26-29-32-35-38-41-47(50)53-44-45(43-52-46(49)40-37-34-31-28-18-15-12-9-6-3)54-48(51)42-39-36-33-30-27-24-22-20-17-14-11-8-5-2/h7-8,10-11,14,16-17,19-20,22-25,27,30,33,45H,4-6,9,12-13,15,18,21,26,28-29,31-32,34-44H2,1-3H3/b10-7-,11-8-,17-14-,19-16-,22-20-,25-23-,27-24-,33-30-. The minimum atomic E-state index is -0.820. The minimum Gasteiger partial charge on any atom is -0.462 e. The summed E-state index contributed by atoms with van der Waals surface area (Å²) in [6.07, 6.45) is 54.0. The molecule has 54 heavy (non-hydrogen) atoms. The molecule has 0 N–H and O–H groups in total. The molecule has 0 aromatic heterocycles. The van der Waals surface area contributed by atoms with Crippen LogP contribution in [0.4, 0.5) is 0 Å². The third-order valence-electron chi connectivity index (χ3n) is 8.46. The predicted octanol–water partition coefficient (Wildman–Crippen LogP) is 13.5. The first-order chi connectivity index (χ1) is 26.5. The normalized spacial score (nSPS) is 13.0. The summed E-state index contributed by atoms with van der Waals surface area (Å²) in [6.45, 7) is 6.24. The minimum absolute atomic E-state index is 0.114. The van der Waals surface area contributed by atoms with E-state index in [0.717, 1.165) is 83.5 Å². The van der Waals surface area contributed by atoms with Gasteiger partial charge >= 0.3 is 17.9 Å². The maximum Gasteiger partial charge on any atom is 0.306 e. The van der Waals surface area contributed by atoms with E-state index in [1.54, 1.807) is 0 Å². The van der Waals surface area contributed by atoms with Gasteiger partial charge < -0.3 is 14.2 Å². The van der Waals surface area contributed by atoms with Crippen LogP contribution in [0.2, 0.25) is 0 Å². The predicted molar refractivity (Wildman–Crippen MR) is 228 cm³/mol. The van der Waals surface area contributed by atoms with Crippen LogP contribution in [0, 0.1) is 0 Å². The number of allylic oxidation sites excluding steroid dienone is 16. The number of rotatable bonds is 36. The summed E-state index contributed by atoms with van der Waals surface area (Å²) in [7, 11) is 0. The molecule has 6 heteroatoms. The van der Waals surface area contributed by atoms with Gasteiger partial charge in [0.2, 0.25) is 0 Å². The van der Waals surface area contributed by atoms with Crippen LogP contribution in [-0.2, 0) is 28.6 Å². The highest BCUT2D eigenvalue weighted by Crippen LogP contribution is 2.12. The van der Waals surface area contributed by atoms with Crippen LogP contribution in [0.3, 0.4) is 0 Å². The molecule has 0 saturated carbocycles. The lowest BCUT2D eigenvalue weighted by Gasteiger charge is -2.18. The molecule has 0 aromatic carbocycles. The Morgan fingerprint density at radius 3 is 1.39 bits per heavy atom. The van der Waals surface area contributed by atoms with E-state index in [2.05, 4.69) is 63.3 Å². The average Bonchev–Trinajstić information content (AvgIpc) is 3.17. The van der Waals surface area contributed by atoms with Gasteiger partial charge in [0.25, 0.3) is 0 Å². The van der Waals surface area contributed by atoms with Crippen LogP contribution in [-0.4, -0.2) is 37.2 Å². The first-order valence-corrected chi connectivity index (χ1v) is 21.3. The molecular weight excluding hydrogens is 673 g/mol. The van der Waals surface area contributed by atoms with Crippen LogP contribution in [0.15, 0.2) is 97.2 Å². The maximum absolute atomic E-state index is 12.6. The molecule has 6 nitrogen and oxygen atoms in total. The van der Waals surface area contributed by atoms with Gasteiger partial charge in [0.05, 0.1) is 0 Å². The van der Waals surface area contributed by atoms with E-state index in [9.17, 15) is 14.4 Å². The number of unbranched alkanes of at least 4 members (excludes halogenated alkanes) is 13. The Hall–Kier alpha value is -3.67. The molecule has 0 bridgehead atoms. The monoisotopic (exact) mass is 749 g/mol. The van der Waals surface area contributed by atoms with Crippen LogP contribution in [0.5, 0.6) is 0 Å². The Kier molecular flexibility index (Phi) is 39.2. The molecule has 0 spiro atoms. The maximum atomic E-state index is 12.6. The Bertz CT molecular complexity index is 1140. The second-order valence-electron chi connectivity index (χ2n) is 13.6. The summed E-state index contributed by atoms with van der Waals surface area (Å²) in [5.74, 6) is -1.03. The molecule has 1 atom stereocenters. The fourth-order valence-electron chi connectivity index (χ4n) is 5.31. The van der Waals surface area contributed by atoms with E-state index in [4.69, 9.17) is 14.2 Å². The van der Waals surface area contributed by atoms with Crippen molar-refractivity contribution in [2.45, 2.75) is 175 Å². The van der Waals surface area contributed by atoms with Crippen molar-refractivity contribution < 1.29 is 28.6 Å². The van der Waals surface area contributed by atoms with Crippen molar-refractivity contribution in [3.63, 3.8) is 0 Å². The fourth-order valence-corrected chi connectivity index (χ4v) is 5.31. The van der Waals surface area contributed by atoms with Crippen LogP contribution < -0.4 is 0 Å². The van der Waals surface area contributed by atoms with E-state index in [1.807, 2.05) is 54.7 Å². The highest BCUT2D eigenvalue weighted by atomic mass is 16.6. The second kappa shape index (κ2) is 42.1. The highest BCUT2D eigenvalue weighted by Gasteiger charge is 2.19. The van der Waals surface area contributed by atoms with Crippen molar-refractivity contribution in [1.29, 1.82) is 0 Å². The molecule has 0 heterocycles. The molecule has 0 aliphatic rings. The van der Waals surface area contributed by atoms with E-state index in [0.29, 0.717) is 19.3 Å². The van der Waals surface area contributed by atoms with Gasteiger partial charge in [0.1, 0.15) is 13.2 Å². The quantitative estimate of drug-likeness (QED) is 0.0209. The van der Waals surface area contributed by atoms with Crippen molar-refractivity contribution in [1.82, 2.24) is 0 Å². The number of esters is 3. The first-order valence-electron chi connectivity index (χ1n) is 21.3. The van der Waals surface area contributed by atoms with Gasteiger partial charge in [-0.15, -0.1) is 0 Å². The summed E-state index contributed by atoms with van der Waals surface area (Å²) in [5.41, 5.74) is 0. The molecule has 1 unspecified atom stereocenters. The van der Waals surface area contributed by atoms with Crippen molar-refractivity contribution in [3.8, 4) is 0 Å². The number of hydrogen-bond acceptors (Lipinski definition) is 6. The lowest BCUT2D eigenvalue weighted by atomic mass is 10.1. The van der Waals surface area contributed by atoms with Crippen molar-refractivity contribution in [2.75, 3.05) is 13.2 Å². The Morgan fingerprint density at radius 2 is 0.833 bits per heavy atom. The topological polar surface area (TPSA) is 78.9 Å². The SMILES string of the molecule is CC\C=C/C=C\C=C/C=C\C=C/CCCC(=O)OC(COC(=O)CCCCCC/C=C\C/C=C\C/C=C\CC)COC(=O)CCCCCCCCCCC. The summed E-state index contributed by atoms with van der Waals surface area (Å²) < 4.78 is 16.6. The van der Waals surface area contributed by atoms with Gasteiger partial charge in [-0.05, 0) is 64.2 Å². The third kappa shape index (κ3) is 39.5. The Morgan fingerprint density at radius 1 is 0.407 bits per heavy atom. The van der Waals surface area contributed by atoms with Gasteiger partial charge in [-0.1, -0.05) is 182 Å². The van der Waals surface area contributed by atoms with Crippen LogP contribution in [0.25, 0.3) is 0 Å². The lowest BCUT2D eigenvalue weighted by molar-refractivity contribution is -0.167. The van der Waals surface area contributed by atoms with Crippen molar-refractivity contribution in [2.24, 2.45) is 0 Å². The van der Waals surface area contributed by atoms with Crippen LogP contribution in [0.1, 0.15) is 168 Å². The number of hydrogen-bond donors (Lipinski definition) is 0. The van der Waals surface area contributed by atoms with Crippen LogP contribution >= 0.6 is 0 Å². The van der Waals surface area contributed by atoms with E-state index in [-0.39, 0.29) is 31.6 Å². The average molecular weight is 749 g/mol. The lowest BCUT2D eigenvalue weighted by Crippen LogP contribution is -2.30. The van der Waals surface area contributed by atoms with Gasteiger partial charge in [-0.3, -0.25) is 14.4 Å². The summed E-state index contributed by atoms with van der Waals surface area (Å²) >= 11 is 0. The van der Waals surface area contributed by atoms with E-state index >= 15 is 0 Å². The molecule has 0 aliphatic carbocycles. The Balaban J connectivity index is 4.55. The molecule has 0 aliphatic heterocycles. The number of carbonyl (C=O) groups excluding carboxylic acids is 3. The van der Waals surface area contributed by atoms with E-state index < -0.39 is 12.1 Å². The van der Waals surface area contributed by atoms with Gasteiger partial charge in [-0.25, -0.2) is 0 Å². The third-order valence-corrected chi connectivity index (χ3v) is 8.46. The van der Waals surface area contributed by atoms with Crippen molar-refractivity contribution >= 4 is 17.9 Å². The highest BCUT2D eigenvalue weighted by molar-refractivity contribution is 5.71. The summed E-state index contributed by atoms with van der Waals surface area (Å²) in [5, 5.41) is 0. The summed E-state index contributed by atoms with van der Waals surface area (Å²) in [4.78, 5) is 37.6. The van der Waals surface area contributed by atoms with Gasteiger partial charge in [0, 0.05) is 19.3 Å². The number of ether oxygens (including phenoxy) is 3. The molecule has 0 rings (SSSR count). The molecule has 0 fully saturated rings. The van der Waals surface area contributed by atoms with Gasteiger partial charge in [0.15, 0.2) is 6.10 Å². The molecular formula is C48H76O6. The molecule has 304 valence electrons. The first kappa shape index (κ1) is 50.3. The second-order valence-corrected chi connectivity index (χ2v) is 13.6. The Labute approximate surface area is 330 Å². The molecule has 0 saturated heterocycles. The molecule has 0 amide bonds. The fraction of sp³-hybridized carbons (Fsp3) is 0.604. The number of carbonyl (C=O) groups is 3. The van der Waals surface area contributed by atoms with Gasteiger partial charge in [-0.2, -0.15) is 0 Å². The zero-order valence-electron chi connectivity index (χ0n) is 34.4. The smallest absolute Gasteiger partial charge is 0.306 e. The zero-order chi connectivity index (χ0) is 39.4.